The molecule has 0 bridgehead atoms. The first-order valence-electron chi connectivity index (χ1n) is 6.49. The predicted octanol–water partition coefficient (Wildman–Crippen LogP) is 2.08. The molecule has 1 amide bonds. The molecule has 0 spiro atoms. The van der Waals surface area contributed by atoms with Gasteiger partial charge in [0, 0.05) is 30.6 Å². The molecule has 0 unspecified atom stereocenters. The Morgan fingerprint density at radius 3 is 2.59 bits per heavy atom. The summed E-state index contributed by atoms with van der Waals surface area (Å²) in [5.41, 5.74) is 7.59. The molecule has 3 aromatic heterocycles. The first-order chi connectivity index (χ1) is 10.4. The van der Waals surface area contributed by atoms with Crippen LogP contribution in [0.4, 0.5) is 8.78 Å². The van der Waals surface area contributed by atoms with Gasteiger partial charge in [0.25, 0.3) is 12.3 Å². The maximum absolute atomic E-state index is 13.1. The Balaban J connectivity index is 2.27. The predicted molar refractivity (Wildman–Crippen MR) is 75.6 cm³/mol. The van der Waals surface area contributed by atoms with Gasteiger partial charge in [-0.25, -0.2) is 13.8 Å². The molecular formula is C14H13F2N5O. The Bertz CT molecular complexity index is 881. The van der Waals surface area contributed by atoms with Crippen molar-refractivity contribution in [3.05, 3.63) is 41.7 Å². The van der Waals surface area contributed by atoms with Crippen LogP contribution in [0.15, 0.2) is 24.5 Å². The van der Waals surface area contributed by atoms with Gasteiger partial charge in [0.1, 0.15) is 0 Å². The van der Waals surface area contributed by atoms with Crippen molar-refractivity contribution in [3.63, 3.8) is 0 Å². The molecule has 0 saturated heterocycles. The lowest BCUT2D eigenvalue weighted by molar-refractivity contribution is 0.0996. The third-order valence-electron chi connectivity index (χ3n) is 3.42. The van der Waals surface area contributed by atoms with E-state index in [2.05, 4.69) is 10.1 Å². The molecule has 0 aromatic carbocycles. The summed E-state index contributed by atoms with van der Waals surface area (Å²) in [7, 11) is 1.78. The number of aromatic nitrogens is 4. The number of aryl methyl sites for hydroxylation is 2. The van der Waals surface area contributed by atoms with Crippen molar-refractivity contribution in [3.8, 4) is 11.1 Å². The zero-order chi connectivity index (χ0) is 16.0. The number of imidazole rings is 1. The number of primary amides is 1. The van der Waals surface area contributed by atoms with Gasteiger partial charge >= 0.3 is 0 Å². The molecule has 0 aliphatic heterocycles. The van der Waals surface area contributed by atoms with Crippen LogP contribution >= 0.6 is 0 Å². The highest BCUT2D eigenvalue weighted by molar-refractivity contribution is 5.98. The summed E-state index contributed by atoms with van der Waals surface area (Å²) in [6.07, 6.45) is 0.496. The number of halogens is 2. The fraction of sp³-hybridized carbons (Fsp3) is 0.214. The van der Waals surface area contributed by atoms with Gasteiger partial charge in [-0.2, -0.15) is 5.10 Å². The number of rotatable bonds is 3. The normalized spacial score (nSPS) is 11.5. The summed E-state index contributed by atoms with van der Waals surface area (Å²) in [5.74, 6) is -1.35. The molecule has 3 aromatic rings. The summed E-state index contributed by atoms with van der Waals surface area (Å²) >= 11 is 0. The van der Waals surface area contributed by atoms with Crippen molar-refractivity contribution >= 4 is 11.4 Å². The van der Waals surface area contributed by atoms with E-state index in [4.69, 9.17) is 5.73 Å². The number of pyridine rings is 1. The van der Waals surface area contributed by atoms with Gasteiger partial charge in [0.2, 0.25) is 0 Å². The Morgan fingerprint density at radius 1 is 1.32 bits per heavy atom. The third kappa shape index (κ3) is 2.12. The van der Waals surface area contributed by atoms with Gasteiger partial charge in [-0.05, 0) is 13.0 Å². The molecule has 3 heterocycles. The van der Waals surface area contributed by atoms with Gasteiger partial charge < -0.3 is 5.73 Å². The zero-order valence-electron chi connectivity index (χ0n) is 11.9. The van der Waals surface area contributed by atoms with Crippen LogP contribution in [0, 0.1) is 6.92 Å². The minimum Gasteiger partial charge on any atom is -0.364 e. The molecule has 6 nitrogen and oxygen atoms in total. The van der Waals surface area contributed by atoms with E-state index in [9.17, 15) is 13.6 Å². The molecule has 0 aliphatic carbocycles. The standard InChI is InChI=1S/C14H13F2N5O/c1-7-9(6-20(2)19-7)8-3-4-10-11(13(17)22)18-14(12(15)16)21(10)5-8/h3-6,12H,1-2H3,(H2,17,22). The van der Waals surface area contributed by atoms with Crippen molar-refractivity contribution in [2.24, 2.45) is 12.8 Å². The lowest BCUT2D eigenvalue weighted by Gasteiger charge is -2.04. The Labute approximate surface area is 124 Å². The third-order valence-corrected chi connectivity index (χ3v) is 3.42. The molecule has 0 fully saturated rings. The summed E-state index contributed by atoms with van der Waals surface area (Å²) < 4.78 is 29.1. The maximum Gasteiger partial charge on any atom is 0.295 e. The van der Waals surface area contributed by atoms with Crippen LogP contribution in [0.3, 0.4) is 0 Å². The van der Waals surface area contributed by atoms with Crippen molar-refractivity contribution in [1.82, 2.24) is 19.2 Å². The second-order valence-electron chi connectivity index (χ2n) is 4.96. The number of alkyl halides is 2. The molecule has 3 rings (SSSR count). The van der Waals surface area contributed by atoms with Crippen LogP contribution in [0.2, 0.25) is 0 Å². The van der Waals surface area contributed by atoms with Crippen LogP contribution in [0.25, 0.3) is 16.6 Å². The quantitative estimate of drug-likeness (QED) is 0.804. The first kappa shape index (κ1) is 14.2. The molecule has 22 heavy (non-hydrogen) atoms. The highest BCUT2D eigenvalue weighted by atomic mass is 19.3. The molecule has 0 atom stereocenters. The van der Waals surface area contributed by atoms with E-state index < -0.39 is 18.2 Å². The van der Waals surface area contributed by atoms with E-state index in [0.29, 0.717) is 5.56 Å². The molecule has 8 heteroatoms. The number of hydrogen-bond acceptors (Lipinski definition) is 3. The van der Waals surface area contributed by atoms with Crippen LogP contribution in [0.5, 0.6) is 0 Å². The molecule has 0 saturated carbocycles. The van der Waals surface area contributed by atoms with Gasteiger partial charge in [0.15, 0.2) is 11.5 Å². The first-order valence-corrected chi connectivity index (χ1v) is 6.49. The Hall–Kier alpha value is -2.77. The average molecular weight is 305 g/mol. The number of carbonyl (C=O) groups excluding carboxylic acids is 1. The van der Waals surface area contributed by atoms with Crippen molar-refractivity contribution < 1.29 is 13.6 Å². The van der Waals surface area contributed by atoms with Crippen LogP contribution in [0.1, 0.15) is 28.4 Å². The number of hydrogen-bond donors (Lipinski definition) is 1. The number of amides is 1. The SMILES string of the molecule is Cc1nn(C)cc1-c1ccc2c(C(N)=O)nc(C(F)F)n2c1. The highest BCUT2D eigenvalue weighted by Crippen LogP contribution is 2.27. The van der Waals surface area contributed by atoms with E-state index in [1.54, 1.807) is 30.1 Å². The summed E-state index contributed by atoms with van der Waals surface area (Å²) in [5, 5.41) is 4.23. The van der Waals surface area contributed by atoms with Gasteiger partial charge in [-0.1, -0.05) is 6.07 Å². The summed E-state index contributed by atoms with van der Waals surface area (Å²) in [4.78, 5) is 15.0. The van der Waals surface area contributed by atoms with E-state index in [-0.39, 0.29) is 11.2 Å². The van der Waals surface area contributed by atoms with Crippen molar-refractivity contribution in [2.45, 2.75) is 13.3 Å². The van der Waals surface area contributed by atoms with E-state index in [1.807, 2.05) is 6.92 Å². The average Bonchev–Trinajstić information content (AvgIpc) is 2.98. The molecule has 114 valence electrons. The van der Waals surface area contributed by atoms with E-state index >= 15 is 0 Å². The van der Waals surface area contributed by atoms with Gasteiger partial charge in [0.05, 0.1) is 11.2 Å². The number of nitrogens with zero attached hydrogens (tertiary/aromatic N) is 4. The lowest BCUT2D eigenvalue weighted by Crippen LogP contribution is -2.11. The monoisotopic (exact) mass is 305 g/mol. The molecule has 0 radical (unpaired) electrons. The minimum atomic E-state index is -2.81. The maximum atomic E-state index is 13.1. The smallest absolute Gasteiger partial charge is 0.295 e. The largest absolute Gasteiger partial charge is 0.364 e. The Morgan fingerprint density at radius 2 is 2.05 bits per heavy atom. The number of fused-ring (bicyclic) bond motifs is 1. The topological polar surface area (TPSA) is 78.2 Å². The molecular weight excluding hydrogens is 292 g/mol. The van der Waals surface area contributed by atoms with Crippen molar-refractivity contribution in [1.29, 1.82) is 0 Å². The van der Waals surface area contributed by atoms with Crippen LogP contribution in [-0.4, -0.2) is 25.1 Å². The Kier molecular flexibility index (Phi) is 3.16. The zero-order valence-corrected chi connectivity index (χ0v) is 11.9. The summed E-state index contributed by atoms with van der Waals surface area (Å²) in [6, 6.07) is 3.28. The van der Waals surface area contributed by atoms with E-state index in [0.717, 1.165) is 11.3 Å². The fourth-order valence-corrected chi connectivity index (χ4v) is 2.49. The molecule has 2 N–H and O–H groups in total. The van der Waals surface area contributed by atoms with Crippen LogP contribution in [-0.2, 0) is 7.05 Å². The van der Waals surface area contributed by atoms with Gasteiger partial charge in [-0.3, -0.25) is 13.9 Å². The molecule has 0 aliphatic rings. The summed E-state index contributed by atoms with van der Waals surface area (Å²) in [6.45, 7) is 1.83. The minimum absolute atomic E-state index is 0.162. The number of carbonyl (C=O) groups is 1. The number of nitrogens with two attached hydrogens (primary N) is 1. The van der Waals surface area contributed by atoms with E-state index in [1.165, 1.54) is 10.6 Å². The van der Waals surface area contributed by atoms with Crippen LogP contribution < -0.4 is 5.73 Å². The lowest BCUT2D eigenvalue weighted by atomic mass is 10.1. The van der Waals surface area contributed by atoms with Gasteiger partial charge in [-0.15, -0.1) is 0 Å². The van der Waals surface area contributed by atoms with Crippen molar-refractivity contribution in [2.75, 3.05) is 0 Å². The highest BCUT2D eigenvalue weighted by Gasteiger charge is 2.21. The fourth-order valence-electron chi connectivity index (χ4n) is 2.49. The second-order valence-corrected chi connectivity index (χ2v) is 4.96. The second kappa shape index (κ2) is 4.90.